The molecule has 172 valence electrons. The quantitative estimate of drug-likeness (QED) is 0.285. The first-order chi connectivity index (χ1) is 16.6. The first kappa shape index (κ1) is 22.6. The molecule has 0 saturated heterocycles. The standard InChI is InChI=1S/C24H24N8O2/c1-3-31(4-2)21-10-9-17(15-27-21)28-24-26-12-11-20(30-24)29-19-8-6-5-7-18(19)22(33)23(34)32-14-13-25-16-32/h5-16H,3-4H2,1-2H3,(H2,26,28,29,30). The molecule has 2 N–H and O–H groups in total. The second-order valence-electron chi connectivity index (χ2n) is 7.24. The highest BCUT2D eigenvalue weighted by molar-refractivity contribution is 6.44. The van der Waals surface area contributed by atoms with Gasteiger partial charge in [-0.05, 0) is 44.2 Å². The smallest absolute Gasteiger partial charge is 0.304 e. The normalized spacial score (nSPS) is 10.5. The van der Waals surface area contributed by atoms with Gasteiger partial charge in [-0.15, -0.1) is 0 Å². The molecule has 0 aliphatic carbocycles. The summed E-state index contributed by atoms with van der Waals surface area (Å²) in [6.07, 6.45) is 7.49. The van der Waals surface area contributed by atoms with Crippen molar-refractivity contribution in [3.63, 3.8) is 0 Å². The number of nitrogens with one attached hydrogen (secondary N) is 2. The van der Waals surface area contributed by atoms with Crippen LogP contribution in [0.2, 0.25) is 0 Å². The summed E-state index contributed by atoms with van der Waals surface area (Å²) in [6, 6.07) is 12.3. The molecule has 0 unspecified atom stereocenters. The van der Waals surface area contributed by atoms with Crippen LogP contribution < -0.4 is 15.5 Å². The van der Waals surface area contributed by atoms with Crippen LogP contribution in [0.25, 0.3) is 0 Å². The second kappa shape index (κ2) is 10.3. The maximum Gasteiger partial charge on any atom is 0.304 e. The Bertz CT molecular complexity index is 1270. The third kappa shape index (κ3) is 5.07. The largest absolute Gasteiger partial charge is 0.357 e. The van der Waals surface area contributed by atoms with Gasteiger partial charge < -0.3 is 15.5 Å². The van der Waals surface area contributed by atoms with Gasteiger partial charge >= 0.3 is 5.91 Å². The van der Waals surface area contributed by atoms with Gasteiger partial charge in [0.25, 0.3) is 5.78 Å². The molecule has 10 heteroatoms. The fourth-order valence-corrected chi connectivity index (χ4v) is 3.35. The number of carbonyl (C=O) groups excluding carboxylic acids is 2. The van der Waals surface area contributed by atoms with Gasteiger partial charge in [-0.25, -0.2) is 15.0 Å². The molecule has 0 amide bonds. The van der Waals surface area contributed by atoms with Gasteiger partial charge in [0.1, 0.15) is 18.0 Å². The van der Waals surface area contributed by atoms with Crippen molar-refractivity contribution in [2.24, 2.45) is 0 Å². The van der Waals surface area contributed by atoms with Crippen LogP contribution in [0.4, 0.5) is 29.0 Å². The Morgan fingerprint density at radius 3 is 2.50 bits per heavy atom. The minimum absolute atomic E-state index is 0.227. The molecule has 0 fully saturated rings. The molecule has 0 bridgehead atoms. The minimum atomic E-state index is -0.697. The number of pyridine rings is 1. The molecule has 0 radical (unpaired) electrons. The summed E-state index contributed by atoms with van der Waals surface area (Å²) in [5.74, 6) is 0.366. The van der Waals surface area contributed by atoms with E-state index >= 15 is 0 Å². The van der Waals surface area contributed by atoms with Gasteiger partial charge in [-0.2, -0.15) is 4.98 Å². The number of hydrogen-bond donors (Lipinski definition) is 2. The molecule has 1 aromatic carbocycles. The number of ketones is 1. The van der Waals surface area contributed by atoms with Crippen molar-refractivity contribution in [1.82, 2.24) is 24.5 Å². The Kier molecular flexibility index (Phi) is 6.87. The maximum absolute atomic E-state index is 12.8. The number of carbonyl (C=O) groups is 2. The summed E-state index contributed by atoms with van der Waals surface area (Å²) >= 11 is 0. The molecule has 0 saturated carbocycles. The maximum atomic E-state index is 12.8. The molecular formula is C24H24N8O2. The number of nitrogens with zero attached hydrogens (tertiary/aromatic N) is 6. The third-order valence-electron chi connectivity index (χ3n) is 5.11. The van der Waals surface area contributed by atoms with Crippen LogP contribution in [0.5, 0.6) is 0 Å². The SMILES string of the molecule is CCN(CC)c1ccc(Nc2nccc(Nc3ccccc3C(=O)C(=O)n3ccnc3)n2)cn1. The van der Waals surface area contributed by atoms with Crippen LogP contribution in [0, 0.1) is 0 Å². The van der Waals surface area contributed by atoms with Crippen molar-refractivity contribution in [2.45, 2.75) is 13.8 Å². The van der Waals surface area contributed by atoms with E-state index in [-0.39, 0.29) is 5.56 Å². The van der Waals surface area contributed by atoms with Gasteiger partial charge in [0.15, 0.2) is 0 Å². The van der Waals surface area contributed by atoms with Gasteiger partial charge in [-0.1, -0.05) is 12.1 Å². The summed E-state index contributed by atoms with van der Waals surface area (Å²) in [5.41, 5.74) is 1.43. The summed E-state index contributed by atoms with van der Waals surface area (Å²) in [7, 11) is 0. The lowest BCUT2D eigenvalue weighted by molar-refractivity contribution is 0.0765. The molecule has 0 aliphatic rings. The van der Waals surface area contributed by atoms with Gasteiger partial charge in [0.2, 0.25) is 5.95 Å². The van der Waals surface area contributed by atoms with E-state index in [9.17, 15) is 9.59 Å². The highest BCUT2D eigenvalue weighted by Crippen LogP contribution is 2.22. The lowest BCUT2D eigenvalue weighted by atomic mass is 10.1. The molecule has 0 aliphatic heterocycles. The van der Waals surface area contributed by atoms with Crippen molar-refractivity contribution >= 4 is 40.6 Å². The van der Waals surface area contributed by atoms with E-state index in [0.29, 0.717) is 17.5 Å². The Labute approximate surface area is 196 Å². The molecule has 4 rings (SSSR count). The molecule has 3 heterocycles. The second-order valence-corrected chi connectivity index (χ2v) is 7.24. The molecule has 3 aromatic heterocycles. The number of rotatable bonds is 9. The number of aromatic nitrogens is 5. The van der Waals surface area contributed by atoms with Crippen LogP contribution in [0.15, 0.2) is 73.6 Å². The fraction of sp³-hybridized carbons (Fsp3) is 0.167. The first-order valence-corrected chi connectivity index (χ1v) is 10.8. The topological polar surface area (TPSA) is 118 Å². The van der Waals surface area contributed by atoms with Crippen molar-refractivity contribution in [3.8, 4) is 0 Å². The Morgan fingerprint density at radius 2 is 1.79 bits per heavy atom. The number of para-hydroxylation sites is 1. The van der Waals surface area contributed by atoms with Crippen LogP contribution in [0.1, 0.15) is 29.0 Å². The molecule has 4 aromatic rings. The zero-order chi connectivity index (χ0) is 23.9. The average molecular weight is 457 g/mol. The zero-order valence-corrected chi connectivity index (χ0v) is 18.8. The van der Waals surface area contributed by atoms with Gasteiger partial charge in [0, 0.05) is 31.7 Å². The molecule has 34 heavy (non-hydrogen) atoms. The first-order valence-electron chi connectivity index (χ1n) is 10.8. The lowest BCUT2D eigenvalue weighted by Crippen LogP contribution is -2.22. The third-order valence-corrected chi connectivity index (χ3v) is 5.11. The van der Waals surface area contributed by atoms with Crippen molar-refractivity contribution in [2.75, 3.05) is 28.6 Å². The summed E-state index contributed by atoms with van der Waals surface area (Å²) < 4.78 is 1.14. The highest BCUT2D eigenvalue weighted by Gasteiger charge is 2.21. The summed E-state index contributed by atoms with van der Waals surface area (Å²) in [6.45, 7) is 5.93. The van der Waals surface area contributed by atoms with Crippen molar-refractivity contribution in [3.05, 3.63) is 79.1 Å². The number of Topliss-reactive ketones (excluding diaryl/α,β-unsaturated/α-hetero) is 1. The van der Waals surface area contributed by atoms with Crippen LogP contribution >= 0.6 is 0 Å². The minimum Gasteiger partial charge on any atom is -0.357 e. The van der Waals surface area contributed by atoms with Crippen LogP contribution in [0.3, 0.4) is 0 Å². The molecule has 0 atom stereocenters. The number of imidazole rings is 1. The van der Waals surface area contributed by atoms with Crippen molar-refractivity contribution < 1.29 is 9.59 Å². The number of anilines is 5. The van der Waals surface area contributed by atoms with E-state index in [4.69, 9.17) is 0 Å². The van der Waals surface area contributed by atoms with Crippen LogP contribution in [-0.4, -0.2) is 49.3 Å². The Hall–Kier alpha value is -4.60. The van der Waals surface area contributed by atoms with E-state index in [1.165, 1.54) is 18.7 Å². The average Bonchev–Trinajstić information content (AvgIpc) is 3.41. The summed E-state index contributed by atoms with van der Waals surface area (Å²) in [5, 5.41) is 6.24. The molecular weight excluding hydrogens is 432 g/mol. The predicted molar refractivity (Wildman–Crippen MR) is 130 cm³/mol. The predicted octanol–water partition coefficient (Wildman–Crippen LogP) is 3.92. The van der Waals surface area contributed by atoms with E-state index < -0.39 is 11.7 Å². The van der Waals surface area contributed by atoms with Crippen molar-refractivity contribution in [1.29, 1.82) is 0 Å². The monoisotopic (exact) mass is 456 g/mol. The summed E-state index contributed by atoms with van der Waals surface area (Å²) in [4.78, 5) is 44.4. The lowest BCUT2D eigenvalue weighted by Gasteiger charge is -2.19. The van der Waals surface area contributed by atoms with E-state index in [1.807, 2.05) is 12.1 Å². The Balaban J connectivity index is 1.50. The van der Waals surface area contributed by atoms with E-state index in [1.54, 1.807) is 42.7 Å². The fourth-order valence-electron chi connectivity index (χ4n) is 3.35. The molecule has 10 nitrogen and oxygen atoms in total. The van der Waals surface area contributed by atoms with Crippen LogP contribution in [-0.2, 0) is 0 Å². The Morgan fingerprint density at radius 1 is 0.971 bits per heavy atom. The van der Waals surface area contributed by atoms with E-state index in [2.05, 4.69) is 49.3 Å². The van der Waals surface area contributed by atoms with Gasteiger partial charge in [0.05, 0.1) is 23.1 Å². The zero-order valence-electron chi connectivity index (χ0n) is 18.8. The number of benzene rings is 1. The molecule has 0 spiro atoms. The van der Waals surface area contributed by atoms with Gasteiger partial charge in [-0.3, -0.25) is 14.2 Å². The van der Waals surface area contributed by atoms with E-state index in [0.717, 1.165) is 29.2 Å². The number of hydrogen-bond acceptors (Lipinski definition) is 9. The highest BCUT2D eigenvalue weighted by atomic mass is 16.2.